The zero-order chi connectivity index (χ0) is 8.55. The molecule has 0 radical (unpaired) electrons. The van der Waals surface area contributed by atoms with Crippen LogP contribution in [0.2, 0.25) is 0 Å². The van der Waals surface area contributed by atoms with Crippen LogP contribution < -0.4 is 5.11 Å². The second kappa shape index (κ2) is 2.63. The lowest BCUT2D eigenvalue weighted by atomic mass is 10.1. The van der Waals surface area contributed by atoms with Crippen LogP contribution >= 0.6 is 0 Å². The lowest BCUT2D eigenvalue weighted by Crippen LogP contribution is -2.24. The minimum Gasteiger partial charge on any atom is -0.550 e. The van der Waals surface area contributed by atoms with Crippen LogP contribution in [-0.4, -0.2) is 5.97 Å². The Morgan fingerprint density at radius 2 is 2.00 bits per heavy atom. The first kappa shape index (κ1) is 7.35. The van der Waals surface area contributed by atoms with E-state index in [1.807, 2.05) is 30.3 Å². The molecule has 0 aliphatic heterocycles. The van der Waals surface area contributed by atoms with Gasteiger partial charge in [-0.1, -0.05) is 30.3 Å². The Labute approximate surface area is 70.8 Å². The number of benzene rings is 1. The minimum absolute atomic E-state index is 0.205. The Kier molecular flexibility index (Phi) is 1.61. The Balaban J connectivity index is 2.11. The minimum atomic E-state index is -0.913. The van der Waals surface area contributed by atoms with Crippen molar-refractivity contribution in [3.8, 4) is 0 Å². The number of carbonyl (C=O) groups is 1. The third-order valence-corrected chi connectivity index (χ3v) is 2.32. The molecule has 12 heavy (non-hydrogen) atoms. The monoisotopic (exact) mass is 161 g/mol. The Morgan fingerprint density at radius 3 is 2.50 bits per heavy atom. The van der Waals surface area contributed by atoms with E-state index < -0.39 is 5.97 Å². The molecule has 1 saturated carbocycles. The molecule has 0 amide bonds. The SMILES string of the molecule is O=C([O-])[C@@H]1C[C@@H]1c1ccccc1. The molecule has 0 heterocycles. The van der Waals surface area contributed by atoms with Gasteiger partial charge in [0.2, 0.25) is 0 Å². The summed E-state index contributed by atoms with van der Waals surface area (Å²) in [6.45, 7) is 0. The van der Waals surface area contributed by atoms with Gasteiger partial charge in [-0.05, 0) is 17.9 Å². The highest BCUT2D eigenvalue weighted by atomic mass is 16.4. The van der Waals surface area contributed by atoms with Gasteiger partial charge in [0.25, 0.3) is 0 Å². The number of carbonyl (C=O) groups excluding carboxylic acids is 1. The van der Waals surface area contributed by atoms with Gasteiger partial charge in [0, 0.05) is 11.9 Å². The van der Waals surface area contributed by atoms with Gasteiger partial charge in [-0.2, -0.15) is 0 Å². The van der Waals surface area contributed by atoms with E-state index in [9.17, 15) is 9.90 Å². The average Bonchev–Trinajstić information content (AvgIpc) is 2.84. The quantitative estimate of drug-likeness (QED) is 0.635. The van der Waals surface area contributed by atoms with E-state index in [1.165, 1.54) is 0 Å². The van der Waals surface area contributed by atoms with Crippen molar-refractivity contribution in [3.05, 3.63) is 35.9 Å². The summed E-state index contributed by atoms with van der Waals surface area (Å²) in [5, 5.41) is 10.4. The summed E-state index contributed by atoms with van der Waals surface area (Å²) in [5.74, 6) is -0.951. The number of hydrogen-bond acceptors (Lipinski definition) is 2. The molecule has 2 atom stereocenters. The third-order valence-electron chi connectivity index (χ3n) is 2.32. The van der Waals surface area contributed by atoms with Crippen molar-refractivity contribution in [2.24, 2.45) is 5.92 Å². The van der Waals surface area contributed by atoms with Gasteiger partial charge in [-0.15, -0.1) is 0 Å². The average molecular weight is 161 g/mol. The molecule has 1 aliphatic carbocycles. The number of carboxylic acids is 1. The number of hydrogen-bond donors (Lipinski definition) is 0. The topological polar surface area (TPSA) is 40.1 Å². The molecule has 0 aromatic heterocycles. The van der Waals surface area contributed by atoms with Crippen molar-refractivity contribution in [1.29, 1.82) is 0 Å². The van der Waals surface area contributed by atoms with Crippen LogP contribution in [-0.2, 0) is 4.79 Å². The van der Waals surface area contributed by atoms with Crippen molar-refractivity contribution in [2.75, 3.05) is 0 Å². The molecule has 2 nitrogen and oxygen atoms in total. The second-order valence-corrected chi connectivity index (χ2v) is 3.18. The number of rotatable bonds is 2. The molecule has 0 spiro atoms. The first-order chi connectivity index (χ1) is 5.79. The Hall–Kier alpha value is -1.31. The molecule has 2 rings (SSSR count). The van der Waals surface area contributed by atoms with Gasteiger partial charge >= 0.3 is 0 Å². The van der Waals surface area contributed by atoms with E-state index in [0.717, 1.165) is 12.0 Å². The first-order valence-corrected chi connectivity index (χ1v) is 4.05. The summed E-state index contributed by atoms with van der Waals surface area (Å²) < 4.78 is 0. The zero-order valence-electron chi connectivity index (χ0n) is 6.57. The molecule has 62 valence electrons. The zero-order valence-corrected chi connectivity index (χ0v) is 6.57. The van der Waals surface area contributed by atoms with Crippen molar-refractivity contribution >= 4 is 5.97 Å². The van der Waals surface area contributed by atoms with Gasteiger partial charge in [-0.25, -0.2) is 0 Å². The van der Waals surface area contributed by atoms with E-state index in [2.05, 4.69) is 0 Å². The third kappa shape index (κ3) is 1.20. The number of carboxylic acid groups (broad SMARTS) is 1. The maximum atomic E-state index is 10.4. The van der Waals surface area contributed by atoms with Gasteiger partial charge < -0.3 is 9.90 Å². The van der Waals surface area contributed by atoms with E-state index >= 15 is 0 Å². The lowest BCUT2D eigenvalue weighted by Gasteiger charge is -2.00. The highest BCUT2D eigenvalue weighted by molar-refractivity contribution is 5.73. The maximum absolute atomic E-state index is 10.4. The molecule has 1 fully saturated rings. The fourth-order valence-corrected chi connectivity index (χ4v) is 1.52. The summed E-state index contributed by atoms with van der Waals surface area (Å²) >= 11 is 0. The summed E-state index contributed by atoms with van der Waals surface area (Å²) in [6.07, 6.45) is 0.742. The molecule has 1 aromatic rings. The lowest BCUT2D eigenvalue weighted by molar-refractivity contribution is -0.308. The normalized spacial score (nSPS) is 26.7. The van der Waals surface area contributed by atoms with Crippen LogP contribution in [0.5, 0.6) is 0 Å². The fourth-order valence-electron chi connectivity index (χ4n) is 1.52. The molecule has 0 bridgehead atoms. The smallest absolute Gasteiger partial charge is 0.0451 e. The highest BCUT2D eigenvalue weighted by Crippen LogP contribution is 2.46. The van der Waals surface area contributed by atoms with Crippen LogP contribution in [0.15, 0.2) is 30.3 Å². The van der Waals surface area contributed by atoms with Gasteiger partial charge in [0.1, 0.15) is 0 Å². The van der Waals surface area contributed by atoms with Crippen molar-refractivity contribution in [1.82, 2.24) is 0 Å². The molecule has 2 heteroatoms. The van der Waals surface area contributed by atoms with Crippen molar-refractivity contribution in [2.45, 2.75) is 12.3 Å². The maximum Gasteiger partial charge on any atom is 0.0451 e. The van der Waals surface area contributed by atoms with E-state index in [4.69, 9.17) is 0 Å². The van der Waals surface area contributed by atoms with Crippen molar-refractivity contribution < 1.29 is 9.90 Å². The van der Waals surface area contributed by atoms with Crippen LogP contribution in [0.25, 0.3) is 0 Å². The predicted molar refractivity (Wildman–Crippen MR) is 42.3 cm³/mol. The van der Waals surface area contributed by atoms with Crippen LogP contribution in [0.4, 0.5) is 0 Å². The first-order valence-electron chi connectivity index (χ1n) is 4.05. The highest BCUT2D eigenvalue weighted by Gasteiger charge is 2.38. The molecular weight excluding hydrogens is 152 g/mol. The fraction of sp³-hybridized carbons (Fsp3) is 0.300. The summed E-state index contributed by atoms with van der Waals surface area (Å²) in [6, 6.07) is 9.72. The van der Waals surface area contributed by atoms with Gasteiger partial charge in [-0.3, -0.25) is 0 Å². The summed E-state index contributed by atoms with van der Waals surface area (Å²) in [4.78, 5) is 10.4. The summed E-state index contributed by atoms with van der Waals surface area (Å²) in [5.41, 5.74) is 1.12. The second-order valence-electron chi connectivity index (χ2n) is 3.18. The molecule has 1 aromatic carbocycles. The van der Waals surface area contributed by atoms with Crippen LogP contribution in [0, 0.1) is 5.92 Å². The largest absolute Gasteiger partial charge is 0.550 e. The molecule has 1 aliphatic rings. The molecular formula is C10H9O2-. The van der Waals surface area contributed by atoms with Gasteiger partial charge in [0.05, 0.1) is 0 Å². The van der Waals surface area contributed by atoms with Crippen molar-refractivity contribution in [3.63, 3.8) is 0 Å². The van der Waals surface area contributed by atoms with E-state index in [1.54, 1.807) is 0 Å². The predicted octanol–water partition coefficient (Wildman–Crippen LogP) is 0.540. The van der Waals surface area contributed by atoms with Crippen LogP contribution in [0.1, 0.15) is 17.9 Å². The van der Waals surface area contributed by atoms with Gasteiger partial charge in [0.15, 0.2) is 0 Å². The molecule has 0 N–H and O–H groups in total. The molecule has 0 saturated heterocycles. The van der Waals surface area contributed by atoms with Crippen LogP contribution in [0.3, 0.4) is 0 Å². The van der Waals surface area contributed by atoms with E-state index in [-0.39, 0.29) is 11.8 Å². The standard InChI is InChI=1S/C10H10O2/c11-10(12)9-6-8(9)7-4-2-1-3-5-7/h1-5,8-9H,6H2,(H,11,12)/p-1/t8-,9-/m1/s1. The number of aliphatic carboxylic acids is 1. The Morgan fingerprint density at radius 1 is 1.33 bits per heavy atom. The summed E-state index contributed by atoms with van der Waals surface area (Å²) in [7, 11) is 0. The van der Waals surface area contributed by atoms with E-state index in [0.29, 0.717) is 0 Å². The Bertz CT molecular complexity index is 292. The molecule has 0 unspecified atom stereocenters.